The molecule has 0 saturated carbocycles. The van der Waals surface area contributed by atoms with E-state index in [2.05, 4.69) is 5.32 Å². The van der Waals surface area contributed by atoms with Gasteiger partial charge in [0.1, 0.15) is 12.1 Å². The van der Waals surface area contributed by atoms with Crippen LogP contribution in [-0.4, -0.2) is 61.6 Å². The van der Waals surface area contributed by atoms with E-state index in [0.29, 0.717) is 19.7 Å². The molecule has 1 aromatic heterocycles. The van der Waals surface area contributed by atoms with Crippen LogP contribution < -0.4 is 5.32 Å². The second kappa shape index (κ2) is 6.91. The van der Waals surface area contributed by atoms with Crippen molar-refractivity contribution >= 4 is 23.3 Å². The zero-order chi connectivity index (χ0) is 15.4. The molecule has 2 atom stereocenters. The van der Waals surface area contributed by atoms with Gasteiger partial charge in [0.25, 0.3) is 0 Å². The van der Waals surface area contributed by atoms with Crippen molar-refractivity contribution < 1.29 is 14.3 Å². The Kier molecular flexibility index (Phi) is 5.19. The highest BCUT2D eigenvalue weighted by Crippen LogP contribution is 2.25. The number of thiophene rings is 1. The normalized spacial score (nSPS) is 20.0. The van der Waals surface area contributed by atoms with Gasteiger partial charge in [-0.2, -0.15) is 0 Å². The SMILES string of the molecule is C[C@H](NC(=O)N1CCO[C@@H](c2cccs2)C1)C(=O)N(C)C. The highest BCUT2D eigenvalue weighted by Gasteiger charge is 2.27. The highest BCUT2D eigenvalue weighted by molar-refractivity contribution is 7.10. The van der Waals surface area contributed by atoms with Crippen molar-refractivity contribution in [1.29, 1.82) is 0 Å². The van der Waals surface area contributed by atoms with Crippen LogP contribution in [0.1, 0.15) is 17.9 Å². The summed E-state index contributed by atoms with van der Waals surface area (Å²) in [6.45, 7) is 3.25. The highest BCUT2D eigenvalue weighted by atomic mass is 32.1. The Morgan fingerprint density at radius 1 is 1.52 bits per heavy atom. The van der Waals surface area contributed by atoms with Crippen LogP contribution in [0.4, 0.5) is 4.79 Å². The molecule has 1 aliphatic rings. The second-order valence-electron chi connectivity index (χ2n) is 5.22. The predicted molar refractivity (Wildman–Crippen MR) is 81.3 cm³/mol. The summed E-state index contributed by atoms with van der Waals surface area (Å²) in [6.07, 6.45) is -0.0793. The van der Waals surface area contributed by atoms with Gasteiger partial charge in [0.05, 0.1) is 13.2 Å². The van der Waals surface area contributed by atoms with Crippen molar-refractivity contribution in [3.8, 4) is 0 Å². The molecule has 0 aromatic carbocycles. The fourth-order valence-corrected chi connectivity index (χ4v) is 2.97. The number of nitrogens with one attached hydrogen (secondary N) is 1. The quantitative estimate of drug-likeness (QED) is 0.915. The number of rotatable bonds is 3. The molecule has 2 heterocycles. The molecule has 0 aliphatic carbocycles. The van der Waals surface area contributed by atoms with E-state index in [4.69, 9.17) is 4.74 Å². The molecule has 7 heteroatoms. The molecule has 1 fully saturated rings. The molecule has 0 spiro atoms. The Hall–Kier alpha value is -1.60. The Morgan fingerprint density at radius 3 is 2.90 bits per heavy atom. The van der Waals surface area contributed by atoms with Crippen molar-refractivity contribution in [3.63, 3.8) is 0 Å². The lowest BCUT2D eigenvalue weighted by Crippen LogP contribution is -2.52. The van der Waals surface area contributed by atoms with E-state index in [1.165, 1.54) is 4.90 Å². The van der Waals surface area contributed by atoms with Crippen LogP contribution in [0.2, 0.25) is 0 Å². The van der Waals surface area contributed by atoms with Gasteiger partial charge in [0.2, 0.25) is 5.91 Å². The first kappa shape index (κ1) is 15.8. The van der Waals surface area contributed by atoms with Gasteiger partial charge in [0, 0.05) is 25.5 Å². The Morgan fingerprint density at radius 2 is 2.29 bits per heavy atom. The van der Waals surface area contributed by atoms with Crippen LogP contribution >= 0.6 is 11.3 Å². The maximum absolute atomic E-state index is 12.2. The standard InChI is InChI=1S/C14H21N3O3S/c1-10(13(18)16(2)3)15-14(19)17-6-7-20-11(9-17)12-5-4-8-21-12/h4-5,8,10-11H,6-7,9H2,1-3H3,(H,15,19)/t10-,11+/m0/s1. The molecule has 1 aliphatic heterocycles. The van der Waals surface area contributed by atoms with Gasteiger partial charge in [-0.15, -0.1) is 11.3 Å². The predicted octanol–water partition coefficient (Wildman–Crippen LogP) is 1.31. The van der Waals surface area contributed by atoms with Crippen LogP contribution in [0.5, 0.6) is 0 Å². The van der Waals surface area contributed by atoms with Gasteiger partial charge in [-0.3, -0.25) is 4.79 Å². The van der Waals surface area contributed by atoms with Crippen LogP contribution in [0, 0.1) is 0 Å². The molecule has 1 saturated heterocycles. The Labute approximate surface area is 128 Å². The number of carbonyl (C=O) groups is 2. The molecule has 3 amide bonds. The molecule has 2 rings (SSSR count). The third-order valence-corrected chi connectivity index (χ3v) is 4.33. The number of hydrogen-bond donors (Lipinski definition) is 1. The minimum Gasteiger partial charge on any atom is -0.369 e. The number of ether oxygens (including phenoxy) is 1. The third-order valence-electron chi connectivity index (χ3n) is 3.37. The van der Waals surface area contributed by atoms with Crippen LogP contribution in [0.3, 0.4) is 0 Å². The number of amides is 3. The summed E-state index contributed by atoms with van der Waals surface area (Å²) >= 11 is 1.62. The van der Waals surface area contributed by atoms with Crippen LogP contribution in [0.25, 0.3) is 0 Å². The van der Waals surface area contributed by atoms with Crippen molar-refractivity contribution in [2.45, 2.75) is 19.1 Å². The summed E-state index contributed by atoms with van der Waals surface area (Å²) in [7, 11) is 3.35. The summed E-state index contributed by atoms with van der Waals surface area (Å²) in [6, 6.07) is 3.23. The smallest absolute Gasteiger partial charge is 0.318 e. The van der Waals surface area contributed by atoms with E-state index in [-0.39, 0.29) is 18.0 Å². The van der Waals surface area contributed by atoms with Crippen molar-refractivity contribution in [1.82, 2.24) is 15.1 Å². The topological polar surface area (TPSA) is 61.9 Å². The number of morpholine rings is 1. The number of urea groups is 1. The fraction of sp³-hybridized carbons (Fsp3) is 0.571. The summed E-state index contributed by atoms with van der Waals surface area (Å²) in [5.41, 5.74) is 0. The van der Waals surface area contributed by atoms with Crippen LogP contribution in [-0.2, 0) is 9.53 Å². The number of likely N-dealkylation sites (N-methyl/N-ethyl adjacent to an activating group) is 1. The van der Waals surface area contributed by atoms with Crippen LogP contribution in [0.15, 0.2) is 17.5 Å². The van der Waals surface area contributed by atoms with Crippen molar-refractivity contribution in [2.75, 3.05) is 33.8 Å². The summed E-state index contributed by atoms with van der Waals surface area (Å²) in [5, 5.41) is 4.74. The molecule has 0 bridgehead atoms. The number of nitrogens with zero attached hydrogens (tertiary/aromatic N) is 2. The first-order chi connectivity index (χ1) is 9.99. The minimum absolute atomic E-state index is 0.0793. The molecule has 116 valence electrons. The van der Waals surface area contributed by atoms with E-state index in [1.54, 1.807) is 37.3 Å². The summed E-state index contributed by atoms with van der Waals surface area (Å²) in [5.74, 6) is -0.119. The molecule has 1 aromatic rings. The third kappa shape index (κ3) is 3.95. The Bertz CT molecular complexity index is 490. The van der Waals surface area contributed by atoms with Gasteiger partial charge >= 0.3 is 6.03 Å². The first-order valence-electron chi connectivity index (χ1n) is 6.90. The van der Waals surface area contributed by atoms with Gasteiger partial charge in [-0.1, -0.05) is 6.07 Å². The van der Waals surface area contributed by atoms with Gasteiger partial charge < -0.3 is 19.9 Å². The molecule has 21 heavy (non-hydrogen) atoms. The maximum atomic E-state index is 12.2. The van der Waals surface area contributed by atoms with E-state index in [1.807, 2.05) is 17.5 Å². The number of hydrogen-bond acceptors (Lipinski definition) is 4. The number of carbonyl (C=O) groups excluding carboxylic acids is 2. The van der Waals surface area contributed by atoms with Crippen molar-refractivity contribution in [2.24, 2.45) is 0 Å². The Balaban J connectivity index is 1.92. The molecule has 1 N–H and O–H groups in total. The van der Waals surface area contributed by atoms with E-state index >= 15 is 0 Å². The van der Waals surface area contributed by atoms with Gasteiger partial charge in [-0.25, -0.2) is 4.79 Å². The summed E-state index contributed by atoms with van der Waals surface area (Å²) in [4.78, 5) is 28.3. The molecule has 0 unspecified atom stereocenters. The molecular formula is C14H21N3O3S. The van der Waals surface area contributed by atoms with E-state index < -0.39 is 6.04 Å². The van der Waals surface area contributed by atoms with Gasteiger partial charge in [-0.05, 0) is 18.4 Å². The second-order valence-corrected chi connectivity index (χ2v) is 6.20. The first-order valence-corrected chi connectivity index (χ1v) is 7.78. The largest absolute Gasteiger partial charge is 0.369 e. The molecule has 0 radical (unpaired) electrons. The average molecular weight is 311 g/mol. The maximum Gasteiger partial charge on any atom is 0.318 e. The van der Waals surface area contributed by atoms with E-state index in [0.717, 1.165) is 4.88 Å². The monoisotopic (exact) mass is 311 g/mol. The fourth-order valence-electron chi connectivity index (χ4n) is 2.21. The van der Waals surface area contributed by atoms with E-state index in [9.17, 15) is 9.59 Å². The molecule has 6 nitrogen and oxygen atoms in total. The zero-order valence-electron chi connectivity index (χ0n) is 12.5. The lowest BCUT2D eigenvalue weighted by atomic mass is 10.2. The molecular weight excluding hydrogens is 290 g/mol. The van der Waals surface area contributed by atoms with Crippen molar-refractivity contribution in [3.05, 3.63) is 22.4 Å². The average Bonchev–Trinajstić information content (AvgIpc) is 3.00. The zero-order valence-corrected chi connectivity index (χ0v) is 13.4. The van der Waals surface area contributed by atoms with Gasteiger partial charge in [0.15, 0.2) is 0 Å². The lowest BCUT2D eigenvalue weighted by molar-refractivity contribution is -0.130. The lowest BCUT2D eigenvalue weighted by Gasteiger charge is -2.33. The summed E-state index contributed by atoms with van der Waals surface area (Å²) < 4.78 is 5.71. The minimum atomic E-state index is -0.532.